The second kappa shape index (κ2) is 8.08. The van der Waals surface area contributed by atoms with Crippen molar-refractivity contribution >= 4 is 33.2 Å². The summed E-state index contributed by atoms with van der Waals surface area (Å²) in [5.41, 5.74) is 1.64. The molecule has 0 saturated carbocycles. The van der Waals surface area contributed by atoms with Crippen molar-refractivity contribution in [1.29, 1.82) is 0 Å². The number of para-hydroxylation sites is 1. The van der Waals surface area contributed by atoms with E-state index in [1.165, 1.54) is 36.2 Å². The van der Waals surface area contributed by atoms with E-state index in [-0.39, 0.29) is 22.8 Å². The Balaban J connectivity index is 1.76. The van der Waals surface area contributed by atoms with Crippen LogP contribution in [0.1, 0.15) is 11.3 Å². The summed E-state index contributed by atoms with van der Waals surface area (Å²) in [4.78, 5) is 11.3. The van der Waals surface area contributed by atoms with Gasteiger partial charge in [0.15, 0.2) is 17.5 Å². The molecule has 1 aromatic carbocycles. The molecule has 2 N–H and O–H groups in total. The highest BCUT2D eigenvalue weighted by Crippen LogP contribution is 2.30. The third kappa shape index (κ3) is 5.74. The zero-order chi connectivity index (χ0) is 21.2. The Morgan fingerprint density at radius 2 is 2.00 bits per heavy atom. The Hall–Kier alpha value is -2.51. The van der Waals surface area contributed by atoms with Crippen molar-refractivity contribution in [3.05, 3.63) is 41.7 Å². The molecule has 0 unspecified atom stereocenters. The van der Waals surface area contributed by atoms with Crippen LogP contribution in [-0.4, -0.2) is 40.7 Å². The summed E-state index contributed by atoms with van der Waals surface area (Å²) < 4.78 is 77.1. The first-order valence-electron chi connectivity index (χ1n) is 7.94. The van der Waals surface area contributed by atoms with Crippen LogP contribution in [0.4, 0.5) is 13.2 Å². The van der Waals surface area contributed by atoms with E-state index in [0.29, 0.717) is 21.9 Å². The van der Waals surface area contributed by atoms with Crippen molar-refractivity contribution in [2.24, 2.45) is 0 Å². The van der Waals surface area contributed by atoms with Gasteiger partial charge in [0.25, 0.3) is 0 Å². The van der Waals surface area contributed by atoms with Gasteiger partial charge in [-0.25, -0.2) is 4.98 Å². The first kappa shape index (κ1) is 21.2. The number of hydrogen-bond donors (Lipinski definition) is 2. The molecular weight excluding hydrogens is 435 g/mol. The number of nitrogens with zero attached hydrogens (tertiary/aromatic N) is 2. The van der Waals surface area contributed by atoms with E-state index in [0.717, 1.165) is 0 Å². The molecule has 0 radical (unpaired) electrons. The van der Waals surface area contributed by atoms with E-state index in [1.807, 2.05) is 0 Å². The highest BCUT2D eigenvalue weighted by Gasteiger charge is 2.28. The molecule has 3 rings (SSSR count). The molecule has 0 saturated heterocycles. The van der Waals surface area contributed by atoms with Crippen LogP contribution in [0, 0.1) is 6.92 Å². The van der Waals surface area contributed by atoms with Gasteiger partial charge in [0.05, 0.1) is 11.2 Å². The molecule has 0 aliphatic carbocycles. The quantitative estimate of drug-likeness (QED) is 0.415. The Bertz CT molecular complexity index is 1130. The highest BCUT2D eigenvalue weighted by atomic mass is 32.3. The molecule has 8 nitrogen and oxygen atoms in total. The number of ether oxygens (including phenoxy) is 1. The van der Waals surface area contributed by atoms with E-state index in [1.54, 1.807) is 13.0 Å². The van der Waals surface area contributed by atoms with E-state index in [9.17, 15) is 21.6 Å². The fraction of sp³-hybridized carbons (Fsp3) is 0.250. The number of thioether (sulfide) groups is 1. The average Bonchev–Trinajstić information content (AvgIpc) is 3.02. The number of aromatic amines is 1. The summed E-state index contributed by atoms with van der Waals surface area (Å²) in [5, 5.41) is 0.397. The molecule has 0 spiro atoms. The van der Waals surface area contributed by atoms with Crippen LogP contribution in [0.3, 0.4) is 0 Å². The third-order valence-electron chi connectivity index (χ3n) is 3.64. The highest BCUT2D eigenvalue weighted by molar-refractivity contribution is 7.98. The van der Waals surface area contributed by atoms with E-state index < -0.39 is 23.2 Å². The lowest BCUT2D eigenvalue weighted by Gasteiger charge is -2.13. The second-order valence-corrected chi connectivity index (χ2v) is 7.76. The van der Waals surface area contributed by atoms with E-state index in [4.69, 9.17) is 9.29 Å². The van der Waals surface area contributed by atoms with Crippen LogP contribution in [0.25, 0.3) is 11.0 Å². The van der Waals surface area contributed by atoms with E-state index in [2.05, 4.69) is 19.1 Å². The number of pyridine rings is 1. The molecule has 2 heterocycles. The minimum atomic E-state index is -4.71. The van der Waals surface area contributed by atoms with Crippen LogP contribution in [0.15, 0.2) is 35.6 Å². The lowest BCUT2D eigenvalue weighted by atomic mass is 10.2. The van der Waals surface area contributed by atoms with Crippen LogP contribution >= 0.6 is 11.8 Å². The zero-order valence-corrected chi connectivity index (χ0v) is 16.4. The van der Waals surface area contributed by atoms with Crippen LogP contribution < -0.4 is 8.92 Å². The molecule has 0 atom stereocenters. The Morgan fingerprint density at radius 1 is 1.24 bits per heavy atom. The predicted molar refractivity (Wildman–Crippen MR) is 98.4 cm³/mol. The van der Waals surface area contributed by atoms with Crippen molar-refractivity contribution in [2.45, 2.75) is 24.0 Å². The number of nitrogens with one attached hydrogen (secondary N) is 1. The molecule has 13 heteroatoms. The Morgan fingerprint density at radius 3 is 2.69 bits per heavy atom. The third-order valence-corrected chi connectivity index (χ3v) is 4.92. The zero-order valence-electron chi connectivity index (χ0n) is 14.7. The maximum atomic E-state index is 12.4. The standard InChI is InChI=1S/C16H14F3N3O5S2/c1-9-11(20-6-5-12(9)26-8-16(17,18)19)7-28-15-21-10-3-2-4-13(14(10)22-15)27-29(23,24)25/h2-6H,7-8H2,1H3,(H,21,22)(H,23,24,25). The molecule has 0 amide bonds. The molecule has 2 aromatic heterocycles. The number of aromatic nitrogens is 3. The number of H-pyrrole nitrogens is 1. The van der Waals surface area contributed by atoms with Crippen molar-refractivity contribution < 1.29 is 35.1 Å². The van der Waals surface area contributed by atoms with Gasteiger partial charge in [-0.2, -0.15) is 21.6 Å². The Labute approximate surface area is 167 Å². The van der Waals surface area contributed by atoms with Crippen LogP contribution in [-0.2, 0) is 16.2 Å². The fourth-order valence-electron chi connectivity index (χ4n) is 2.39. The molecule has 3 aromatic rings. The summed E-state index contributed by atoms with van der Waals surface area (Å²) in [6, 6.07) is 5.84. The molecule has 0 fully saturated rings. The van der Waals surface area contributed by atoms with Crippen LogP contribution in [0.2, 0.25) is 0 Å². The minimum Gasteiger partial charge on any atom is -0.484 e. The van der Waals surface area contributed by atoms with Crippen molar-refractivity contribution in [3.63, 3.8) is 0 Å². The summed E-state index contributed by atoms with van der Waals surface area (Å²) >= 11 is 1.20. The van der Waals surface area contributed by atoms with Gasteiger partial charge in [-0.3, -0.25) is 9.54 Å². The summed E-state index contributed by atoms with van der Waals surface area (Å²) in [7, 11) is -4.71. The molecule has 0 bridgehead atoms. The van der Waals surface area contributed by atoms with Crippen molar-refractivity contribution in [3.8, 4) is 11.5 Å². The molecule has 0 aliphatic heterocycles. The first-order chi connectivity index (χ1) is 13.5. The lowest BCUT2D eigenvalue weighted by Crippen LogP contribution is -2.19. The topological polar surface area (TPSA) is 114 Å². The number of hydrogen-bond acceptors (Lipinski definition) is 7. The molecule has 0 aliphatic rings. The molecular formula is C16H14F3N3O5S2. The van der Waals surface area contributed by atoms with Crippen molar-refractivity contribution in [2.75, 3.05) is 6.61 Å². The van der Waals surface area contributed by atoms with Gasteiger partial charge in [0.1, 0.15) is 11.3 Å². The van der Waals surface area contributed by atoms with Crippen LogP contribution in [0.5, 0.6) is 11.5 Å². The monoisotopic (exact) mass is 449 g/mol. The van der Waals surface area contributed by atoms with Gasteiger partial charge in [0, 0.05) is 17.5 Å². The SMILES string of the molecule is Cc1c(OCC(F)(F)F)ccnc1CSc1nc2c(OS(=O)(=O)O)cccc2[nH]1. The van der Waals surface area contributed by atoms with Gasteiger partial charge in [0.2, 0.25) is 0 Å². The van der Waals surface area contributed by atoms with Gasteiger partial charge in [-0.1, -0.05) is 17.8 Å². The van der Waals surface area contributed by atoms with Gasteiger partial charge in [-0.05, 0) is 25.1 Å². The largest absolute Gasteiger partial charge is 0.484 e. The van der Waals surface area contributed by atoms with Gasteiger partial charge < -0.3 is 13.9 Å². The second-order valence-electron chi connectivity index (χ2n) is 5.78. The number of halogens is 3. The minimum absolute atomic E-state index is 0.0846. The maximum Gasteiger partial charge on any atom is 0.446 e. The predicted octanol–water partition coefficient (Wildman–Crippen LogP) is 3.68. The lowest BCUT2D eigenvalue weighted by molar-refractivity contribution is -0.153. The fourth-order valence-corrected chi connectivity index (χ4v) is 3.65. The first-order valence-corrected chi connectivity index (χ1v) is 10.3. The summed E-state index contributed by atoms with van der Waals surface area (Å²) in [6.07, 6.45) is -3.09. The van der Waals surface area contributed by atoms with Gasteiger partial charge >= 0.3 is 16.6 Å². The number of alkyl halides is 3. The van der Waals surface area contributed by atoms with E-state index >= 15 is 0 Å². The maximum absolute atomic E-state index is 12.4. The smallest absolute Gasteiger partial charge is 0.446 e. The number of fused-ring (bicyclic) bond motifs is 1. The normalized spacial score (nSPS) is 12.3. The number of rotatable bonds is 7. The van der Waals surface area contributed by atoms with Gasteiger partial charge in [-0.15, -0.1) is 0 Å². The molecule has 29 heavy (non-hydrogen) atoms. The summed E-state index contributed by atoms with van der Waals surface area (Å²) in [5.74, 6) is 0.204. The van der Waals surface area contributed by atoms with Crippen molar-refractivity contribution in [1.82, 2.24) is 15.0 Å². The average molecular weight is 449 g/mol. The Kier molecular flexibility index (Phi) is 5.91. The summed E-state index contributed by atoms with van der Waals surface area (Å²) in [6.45, 7) is 0.204. The number of imidazole rings is 1. The number of benzene rings is 1. The molecule has 156 valence electrons.